The van der Waals surface area contributed by atoms with Crippen LogP contribution < -0.4 is 4.72 Å². The fraction of sp³-hybridized carbons (Fsp3) is 0.385. The quantitative estimate of drug-likeness (QED) is 0.803. The molecule has 0 radical (unpaired) electrons. The number of rotatable bonds is 4. The van der Waals surface area contributed by atoms with E-state index in [4.69, 9.17) is 9.84 Å². The van der Waals surface area contributed by atoms with Crippen molar-refractivity contribution in [3.63, 3.8) is 0 Å². The van der Waals surface area contributed by atoms with Crippen LogP contribution in [0.15, 0.2) is 24.3 Å². The number of anilines is 1. The van der Waals surface area contributed by atoms with Gasteiger partial charge in [-0.1, -0.05) is 12.1 Å². The predicted molar refractivity (Wildman–Crippen MR) is 78.2 cm³/mol. The van der Waals surface area contributed by atoms with Crippen LogP contribution in [0.1, 0.15) is 10.4 Å². The number of aliphatic carboxylic acids is 1. The molecule has 1 fully saturated rings. The van der Waals surface area contributed by atoms with Crippen LogP contribution in [0, 0.1) is 0 Å². The number of hydrogen-bond donors (Lipinski definition) is 2. The van der Waals surface area contributed by atoms with Crippen LogP contribution in [0.2, 0.25) is 0 Å². The Morgan fingerprint density at radius 2 is 2.05 bits per heavy atom. The highest BCUT2D eigenvalue weighted by Gasteiger charge is 2.30. The van der Waals surface area contributed by atoms with Gasteiger partial charge in [0.2, 0.25) is 10.0 Å². The van der Waals surface area contributed by atoms with Gasteiger partial charge in [-0.25, -0.2) is 13.2 Å². The molecule has 1 amide bonds. The minimum absolute atomic E-state index is 0.0820. The third-order valence-electron chi connectivity index (χ3n) is 3.08. The van der Waals surface area contributed by atoms with Crippen LogP contribution in [-0.4, -0.2) is 62.4 Å². The highest BCUT2D eigenvalue weighted by molar-refractivity contribution is 7.92. The van der Waals surface area contributed by atoms with Crippen molar-refractivity contribution in [1.29, 1.82) is 0 Å². The molecule has 1 unspecified atom stereocenters. The lowest BCUT2D eigenvalue weighted by atomic mass is 10.1. The summed E-state index contributed by atoms with van der Waals surface area (Å²) in [6.07, 6.45) is -0.0866. The largest absolute Gasteiger partial charge is 0.479 e. The number of ether oxygens (including phenoxy) is 1. The summed E-state index contributed by atoms with van der Waals surface area (Å²) < 4.78 is 30.1. The number of sulfonamides is 1. The van der Waals surface area contributed by atoms with E-state index >= 15 is 0 Å². The van der Waals surface area contributed by atoms with Crippen LogP contribution >= 0.6 is 0 Å². The van der Waals surface area contributed by atoms with Crippen molar-refractivity contribution in [1.82, 2.24) is 4.90 Å². The Hall–Kier alpha value is -2.13. The van der Waals surface area contributed by atoms with Crippen molar-refractivity contribution < 1.29 is 27.9 Å². The summed E-state index contributed by atoms with van der Waals surface area (Å²) in [6.45, 7) is 0.279. The Morgan fingerprint density at radius 3 is 2.68 bits per heavy atom. The van der Waals surface area contributed by atoms with Gasteiger partial charge in [0.1, 0.15) is 0 Å². The topological polar surface area (TPSA) is 113 Å². The molecule has 9 heteroatoms. The minimum Gasteiger partial charge on any atom is -0.479 e. The van der Waals surface area contributed by atoms with E-state index in [1.807, 2.05) is 0 Å². The monoisotopic (exact) mass is 328 g/mol. The first-order chi connectivity index (χ1) is 10.3. The molecule has 0 aromatic heterocycles. The van der Waals surface area contributed by atoms with Crippen molar-refractivity contribution in [3.05, 3.63) is 29.8 Å². The fourth-order valence-corrected chi connectivity index (χ4v) is 2.69. The average Bonchev–Trinajstić information content (AvgIpc) is 2.45. The molecule has 1 atom stereocenters. The molecular weight excluding hydrogens is 312 g/mol. The van der Waals surface area contributed by atoms with Gasteiger partial charge < -0.3 is 14.7 Å². The number of carbonyl (C=O) groups is 2. The summed E-state index contributed by atoms with van der Waals surface area (Å²) in [4.78, 5) is 24.8. The summed E-state index contributed by atoms with van der Waals surface area (Å²) in [6, 6.07) is 6.17. The van der Waals surface area contributed by atoms with Crippen LogP contribution in [0.3, 0.4) is 0 Å². The van der Waals surface area contributed by atoms with E-state index < -0.39 is 28.0 Å². The Labute approximate surface area is 127 Å². The average molecular weight is 328 g/mol. The summed E-state index contributed by atoms with van der Waals surface area (Å²) in [5.74, 6) is -1.58. The van der Waals surface area contributed by atoms with Gasteiger partial charge in [0.25, 0.3) is 5.91 Å². The molecule has 1 aromatic rings. The summed E-state index contributed by atoms with van der Waals surface area (Å²) in [5, 5.41) is 8.96. The molecule has 22 heavy (non-hydrogen) atoms. The Bertz CT molecular complexity index is 688. The van der Waals surface area contributed by atoms with Crippen molar-refractivity contribution >= 4 is 27.6 Å². The van der Waals surface area contributed by atoms with Crippen molar-refractivity contribution in [2.75, 3.05) is 30.7 Å². The lowest BCUT2D eigenvalue weighted by Gasteiger charge is -2.31. The molecule has 1 aromatic carbocycles. The molecule has 8 nitrogen and oxygen atoms in total. The van der Waals surface area contributed by atoms with Gasteiger partial charge >= 0.3 is 5.97 Å². The number of carboxylic acids is 1. The number of amides is 1. The Morgan fingerprint density at radius 1 is 1.36 bits per heavy atom. The molecule has 2 N–H and O–H groups in total. The van der Waals surface area contributed by atoms with Crippen molar-refractivity contribution in [2.45, 2.75) is 6.10 Å². The second-order valence-corrected chi connectivity index (χ2v) is 6.62. The minimum atomic E-state index is -3.53. The number of hydrogen-bond acceptors (Lipinski definition) is 5. The first-order valence-electron chi connectivity index (χ1n) is 6.48. The molecule has 1 aliphatic heterocycles. The van der Waals surface area contributed by atoms with E-state index in [-0.39, 0.29) is 30.9 Å². The number of carboxylic acid groups (broad SMARTS) is 1. The van der Waals surface area contributed by atoms with Crippen LogP contribution in [0.5, 0.6) is 0 Å². The molecule has 0 saturated carbocycles. The van der Waals surface area contributed by atoms with Gasteiger partial charge in [0.15, 0.2) is 6.10 Å². The normalized spacial score (nSPS) is 18.8. The molecule has 0 aliphatic carbocycles. The van der Waals surface area contributed by atoms with E-state index in [1.54, 1.807) is 12.1 Å². The number of morpholine rings is 1. The zero-order valence-electron chi connectivity index (χ0n) is 11.9. The molecule has 120 valence electrons. The van der Waals surface area contributed by atoms with Gasteiger partial charge in [-0.15, -0.1) is 0 Å². The molecule has 1 heterocycles. The third kappa shape index (κ3) is 3.95. The predicted octanol–water partition coefficient (Wildman–Crippen LogP) is -0.0163. The zero-order valence-corrected chi connectivity index (χ0v) is 12.7. The Kier molecular flexibility index (Phi) is 4.67. The lowest BCUT2D eigenvalue weighted by molar-refractivity contribution is -0.154. The van der Waals surface area contributed by atoms with Crippen molar-refractivity contribution in [2.24, 2.45) is 0 Å². The number of nitrogens with one attached hydrogen (secondary N) is 1. The SMILES string of the molecule is CS(=O)(=O)Nc1ccccc1C(=O)N1CCOC(C(=O)O)C1. The number of benzene rings is 1. The summed E-state index contributed by atoms with van der Waals surface area (Å²) in [5.41, 5.74) is 0.326. The van der Waals surface area contributed by atoms with Crippen LogP contribution in [0.25, 0.3) is 0 Å². The molecule has 0 spiro atoms. The first-order valence-corrected chi connectivity index (χ1v) is 8.37. The standard InChI is InChI=1S/C13H16N2O6S/c1-22(19,20)14-10-5-3-2-4-9(10)12(16)15-6-7-21-11(8-15)13(17)18/h2-5,11,14H,6-8H2,1H3,(H,17,18). The van der Waals surface area contributed by atoms with Crippen LogP contribution in [-0.2, 0) is 19.6 Å². The van der Waals surface area contributed by atoms with Gasteiger partial charge in [-0.3, -0.25) is 9.52 Å². The van der Waals surface area contributed by atoms with E-state index in [0.717, 1.165) is 6.26 Å². The summed E-state index contributed by atoms with van der Waals surface area (Å²) in [7, 11) is -3.53. The van der Waals surface area contributed by atoms with Gasteiger partial charge in [0, 0.05) is 6.54 Å². The highest BCUT2D eigenvalue weighted by Crippen LogP contribution is 2.20. The van der Waals surface area contributed by atoms with E-state index in [0.29, 0.717) is 0 Å². The molecule has 2 rings (SSSR count). The van der Waals surface area contributed by atoms with E-state index in [2.05, 4.69) is 4.72 Å². The fourth-order valence-electron chi connectivity index (χ4n) is 2.11. The van der Waals surface area contributed by atoms with Gasteiger partial charge in [0.05, 0.1) is 30.7 Å². The maximum atomic E-state index is 12.5. The number of para-hydroxylation sites is 1. The Balaban J connectivity index is 2.24. The zero-order chi connectivity index (χ0) is 16.3. The van der Waals surface area contributed by atoms with Crippen molar-refractivity contribution in [3.8, 4) is 0 Å². The van der Waals surface area contributed by atoms with Crippen LogP contribution in [0.4, 0.5) is 5.69 Å². The first kappa shape index (κ1) is 16.2. The second-order valence-electron chi connectivity index (χ2n) is 4.87. The molecular formula is C13H16N2O6S. The van der Waals surface area contributed by atoms with E-state index in [1.165, 1.54) is 17.0 Å². The highest BCUT2D eigenvalue weighted by atomic mass is 32.2. The number of nitrogens with zero attached hydrogens (tertiary/aromatic N) is 1. The summed E-state index contributed by atoms with van der Waals surface area (Å²) >= 11 is 0. The van der Waals surface area contributed by atoms with Gasteiger partial charge in [-0.05, 0) is 12.1 Å². The second kappa shape index (κ2) is 6.32. The molecule has 1 aliphatic rings. The number of carbonyl (C=O) groups excluding carboxylic acids is 1. The third-order valence-corrected chi connectivity index (χ3v) is 3.67. The maximum Gasteiger partial charge on any atom is 0.334 e. The maximum absolute atomic E-state index is 12.5. The molecule has 0 bridgehead atoms. The van der Waals surface area contributed by atoms with E-state index in [9.17, 15) is 18.0 Å². The smallest absolute Gasteiger partial charge is 0.334 e. The van der Waals surface area contributed by atoms with Gasteiger partial charge in [-0.2, -0.15) is 0 Å². The molecule has 1 saturated heterocycles. The lowest BCUT2D eigenvalue weighted by Crippen LogP contribution is -2.48.